The highest BCUT2D eigenvalue weighted by atomic mass is 16.5. The molecule has 4 aromatic rings. The number of carboxylic acid groups (broad SMARTS) is 1. The number of aromatic nitrogens is 4. The van der Waals surface area contributed by atoms with Crippen LogP contribution in [0.2, 0.25) is 0 Å². The molecule has 134 heavy (non-hydrogen) atoms. The number of nitrogens with zero attached hydrogens (tertiary/aromatic N) is 15. The first-order valence-corrected chi connectivity index (χ1v) is 47.6. The number of aliphatic carboxylic acids is 1. The average molecular weight is 1820 g/mol. The summed E-state index contributed by atoms with van der Waals surface area (Å²) in [6.45, 7) is 67.1. The van der Waals surface area contributed by atoms with E-state index in [9.17, 15) is 24.0 Å². The average Bonchev–Trinajstić information content (AvgIpc) is 1.04. The Bertz CT molecular complexity index is 5520. The second-order valence-electron chi connectivity index (χ2n) is 38.7. The van der Waals surface area contributed by atoms with E-state index in [1.807, 2.05) is 50.2 Å². The van der Waals surface area contributed by atoms with Crippen molar-refractivity contribution in [3.8, 4) is 0 Å². The van der Waals surface area contributed by atoms with Crippen LogP contribution >= 0.6 is 0 Å². The van der Waals surface area contributed by atoms with Crippen molar-refractivity contribution in [2.45, 2.75) is 228 Å². The molecule has 0 saturated carbocycles. The molecule has 0 bridgehead atoms. The molecule has 14 rings (SSSR count). The van der Waals surface area contributed by atoms with E-state index >= 15 is 0 Å². The van der Waals surface area contributed by atoms with Crippen molar-refractivity contribution in [1.29, 1.82) is 0 Å². The molecule has 0 spiro atoms. The summed E-state index contributed by atoms with van der Waals surface area (Å²) in [5.41, 5.74) is 13.0. The monoisotopic (exact) mass is 1820 g/mol. The van der Waals surface area contributed by atoms with Gasteiger partial charge in [0.05, 0.1) is 94.5 Å². The minimum absolute atomic E-state index is 0.253. The van der Waals surface area contributed by atoms with Gasteiger partial charge < -0.3 is 75.1 Å². The Morgan fingerprint density at radius 1 is 0.560 bits per heavy atom. The Labute approximate surface area is 792 Å². The normalized spacial score (nSPS) is 19.0. The van der Waals surface area contributed by atoms with Crippen LogP contribution in [0, 0.1) is 49.0 Å². The lowest BCUT2D eigenvalue weighted by molar-refractivity contribution is -0.131. The van der Waals surface area contributed by atoms with Crippen molar-refractivity contribution < 1.29 is 43.3 Å². The Kier molecular flexibility index (Phi) is 36.6. The Morgan fingerprint density at radius 3 is 1.53 bits per heavy atom. The van der Waals surface area contributed by atoms with E-state index in [-0.39, 0.29) is 52.0 Å². The van der Waals surface area contributed by atoms with Crippen molar-refractivity contribution in [1.82, 2.24) is 40.0 Å². The molecular formula is C105H136N20O9. The first kappa shape index (κ1) is 103. The second-order valence-corrected chi connectivity index (χ2v) is 38.7. The predicted octanol–water partition coefficient (Wildman–Crippen LogP) is 19.2. The van der Waals surface area contributed by atoms with E-state index in [0.717, 1.165) is 214 Å². The molecule has 4 amide bonds. The largest absolute Gasteiger partial charge is 0.478 e. The van der Waals surface area contributed by atoms with Crippen LogP contribution in [0.15, 0.2) is 147 Å². The van der Waals surface area contributed by atoms with Gasteiger partial charge in [-0.25, -0.2) is 29.6 Å². The summed E-state index contributed by atoms with van der Waals surface area (Å²) >= 11 is 0. The molecule has 6 N–H and O–H groups in total. The number of aliphatic imine (C=N–C) groups is 3. The number of ether oxygens (including phenoxy) is 3. The van der Waals surface area contributed by atoms with E-state index in [1.165, 1.54) is 30.1 Å². The van der Waals surface area contributed by atoms with Crippen LogP contribution < -0.4 is 31.5 Å². The molecule has 0 radical (unpaired) electrons. The maximum atomic E-state index is 13.0. The van der Waals surface area contributed by atoms with Crippen LogP contribution in [-0.4, -0.2) is 192 Å². The number of hydrogen-bond acceptors (Lipinski definition) is 20. The molecule has 4 aliphatic carbocycles. The molecular weight excluding hydrogens is 1690 g/mol. The number of allylic oxidation sites excluding steroid dienone is 11. The van der Waals surface area contributed by atoms with Crippen molar-refractivity contribution >= 4 is 98.1 Å². The molecule has 6 aliphatic heterocycles. The number of carbonyl (C=O) groups excluding carboxylic acids is 4. The number of rotatable bonds is 32. The predicted molar refractivity (Wildman–Crippen MR) is 533 cm³/mol. The summed E-state index contributed by atoms with van der Waals surface area (Å²) in [5.74, 6) is 0.627. The molecule has 3 fully saturated rings. The van der Waals surface area contributed by atoms with Gasteiger partial charge in [-0.05, 0) is 272 Å². The minimum Gasteiger partial charge on any atom is -0.478 e. The highest BCUT2D eigenvalue weighted by Gasteiger charge is 2.36. The van der Waals surface area contributed by atoms with E-state index in [4.69, 9.17) is 60.6 Å². The third-order valence-corrected chi connectivity index (χ3v) is 26.7. The molecule has 0 aromatic carbocycles. The minimum atomic E-state index is -1.04. The number of piperidine rings is 1. The van der Waals surface area contributed by atoms with Gasteiger partial charge in [0.15, 0.2) is 28.6 Å². The van der Waals surface area contributed by atoms with Crippen molar-refractivity contribution in [3.05, 3.63) is 217 Å². The SMILES string of the molecule is [C-]#[N+]C1=CCC(C(=O)Nc2ccc(/C=C/C(=O)O)nc2N2CCC(C)CC2)=C1.[C-]#[N+]C1=CCC(C(=O)Nc2ccc(C(C)(C)NCCN3CCOCC3)nc2C2=CCC(C)(C)CC2)=N1.[C-]#[N+]C1=CCC(C(=O)Nc2ccc(C(C)(C)OCCCN(C)C)nc2C2=CCC(CC)(CC)CC2)=N1.[C-]#[N+]C1=CCC(C(=O)Nc2ccc(C(C)(C)OCCN3CCCC3)nc2C2=CCC(C)CC2)=N1. The molecule has 10 aliphatic rings. The summed E-state index contributed by atoms with van der Waals surface area (Å²) in [5, 5.41) is 24.5. The fourth-order valence-electron chi connectivity index (χ4n) is 17.4. The number of hydrogen-bond donors (Lipinski definition) is 6. The zero-order valence-corrected chi connectivity index (χ0v) is 81.0. The van der Waals surface area contributed by atoms with Gasteiger partial charge in [0.2, 0.25) is 0 Å². The number of carboxylic acids is 1. The van der Waals surface area contributed by atoms with Gasteiger partial charge in [0.1, 0.15) is 11.2 Å². The first-order chi connectivity index (χ1) is 64.1. The molecule has 1 atom stereocenters. The van der Waals surface area contributed by atoms with Crippen LogP contribution in [0.5, 0.6) is 0 Å². The topological polar surface area (TPSA) is 312 Å². The lowest BCUT2D eigenvalue weighted by Crippen LogP contribution is -2.45. The second kappa shape index (κ2) is 47.8. The fourth-order valence-corrected chi connectivity index (χ4v) is 17.4. The maximum Gasteiger partial charge on any atom is 0.328 e. The Balaban J connectivity index is 0.000000173. The summed E-state index contributed by atoms with van der Waals surface area (Å²) in [6.07, 6.45) is 36.2. The molecule has 1 unspecified atom stereocenters. The smallest absolute Gasteiger partial charge is 0.328 e. The zero-order valence-electron chi connectivity index (χ0n) is 81.0. The number of carbonyl (C=O) groups is 5. The zero-order chi connectivity index (χ0) is 96.3. The molecule has 10 heterocycles. The van der Waals surface area contributed by atoms with Crippen LogP contribution in [0.3, 0.4) is 0 Å². The van der Waals surface area contributed by atoms with E-state index < -0.39 is 17.2 Å². The van der Waals surface area contributed by atoms with Gasteiger partial charge in [-0.1, -0.05) is 117 Å². The van der Waals surface area contributed by atoms with E-state index in [2.05, 4.69) is 187 Å². The number of likely N-dealkylation sites (tertiary alicyclic amines) is 1. The number of amides is 4. The molecule has 29 nitrogen and oxygen atoms in total. The summed E-state index contributed by atoms with van der Waals surface area (Å²) in [6, 6.07) is 15.1. The van der Waals surface area contributed by atoms with E-state index in [0.29, 0.717) is 119 Å². The number of morpholine rings is 1. The highest BCUT2D eigenvalue weighted by molar-refractivity contribution is 6.45. The third kappa shape index (κ3) is 29.1. The van der Waals surface area contributed by atoms with Crippen LogP contribution in [0.25, 0.3) is 42.2 Å². The lowest BCUT2D eigenvalue weighted by Gasteiger charge is -2.35. The van der Waals surface area contributed by atoms with Crippen molar-refractivity contribution in [2.75, 3.05) is 132 Å². The lowest BCUT2D eigenvalue weighted by atomic mass is 9.71. The summed E-state index contributed by atoms with van der Waals surface area (Å²) in [4.78, 5) is 117. The summed E-state index contributed by atoms with van der Waals surface area (Å²) < 4.78 is 18.0. The van der Waals surface area contributed by atoms with Crippen LogP contribution in [0.1, 0.15) is 251 Å². The van der Waals surface area contributed by atoms with Crippen LogP contribution in [0.4, 0.5) is 28.6 Å². The van der Waals surface area contributed by atoms with Gasteiger partial charge in [0, 0.05) is 83.3 Å². The van der Waals surface area contributed by atoms with Gasteiger partial charge >= 0.3 is 5.97 Å². The molecule has 4 aromatic heterocycles. The molecule has 3 saturated heterocycles. The van der Waals surface area contributed by atoms with Gasteiger partial charge in [-0.3, -0.25) is 24.1 Å². The molecule has 29 heteroatoms. The van der Waals surface area contributed by atoms with Crippen LogP contribution in [-0.2, 0) is 54.9 Å². The number of pyridine rings is 4. The fraction of sp³-hybridized carbons (Fsp3) is 0.524. The van der Waals surface area contributed by atoms with Gasteiger partial charge in [-0.15, -0.1) is 15.0 Å². The van der Waals surface area contributed by atoms with Gasteiger partial charge in [0.25, 0.3) is 41.1 Å². The molecule has 710 valence electrons. The van der Waals surface area contributed by atoms with Gasteiger partial charge in [-0.2, -0.15) is 0 Å². The van der Waals surface area contributed by atoms with E-state index in [1.54, 1.807) is 42.5 Å². The standard InChI is InChI=1S/C29H41N5O2.C28H38N6O2.C27H35N5O2.C21H22N4O3/c1-8-29(9-2)17-15-21(16-18-29)26-22(32-27(35)23-12-14-25(30-5)31-23)11-13-24(33-26)28(3,4)36-20-10-19-34(6)7;1-27(2)12-10-20(11-13-27)25-21(32-26(35)22-7-9-24(29-5)31-22)6-8-23(33-25)28(3,4)30-14-15-34-16-18-36-19-17-34;1-19-7-9-20(10-8-19)25-21(30-26(33)22-12-14-24(28-4)29-22)11-13-23(31-25)27(2,3)34-18-17-32-15-5-6-16-32;1-14-9-11-25(12-10-14)20-18(7-5-16(23-20)6-8-19(26)27)24-21(28)15-3-4-17(13-15)22-2/h11,13-15H,8-10,12,16-20H2,1-4,6-7H3,(H,32,35);6,8-10,30H,7,11-19H2,1-4H3,(H,32,35);9,11,13-14,19H,5-8,10,12,15-18H2,1-3H3,(H,30,33);4-8,13-14H,3,9-12H2,1H3,(H,24,28)(H,26,27)/b;;;8-6+. The third-order valence-electron chi connectivity index (χ3n) is 26.7. The maximum absolute atomic E-state index is 13.0. The Morgan fingerprint density at radius 2 is 1.06 bits per heavy atom. The highest BCUT2D eigenvalue weighted by Crippen LogP contribution is 2.46. The Hall–Kier alpha value is -11.9. The first-order valence-electron chi connectivity index (χ1n) is 47.6. The number of nitrogens with one attached hydrogen (secondary N) is 5. The van der Waals surface area contributed by atoms with Crippen molar-refractivity contribution in [2.24, 2.45) is 37.6 Å². The quantitative estimate of drug-likeness (QED) is 0.0150. The number of anilines is 5. The van der Waals surface area contributed by atoms with Crippen molar-refractivity contribution in [3.63, 3.8) is 0 Å². The summed E-state index contributed by atoms with van der Waals surface area (Å²) in [7, 11) is 4.12.